The molecule has 0 radical (unpaired) electrons. The predicted octanol–water partition coefficient (Wildman–Crippen LogP) is 5.08. The number of hydrogen-bond donors (Lipinski definition) is 0. The summed E-state index contributed by atoms with van der Waals surface area (Å²) in [6.45, 7) is 6.04. The highest BCUT2D eigenvalue weighted by Gasteiger charge is 2.14. The van der Waals surface area contributed by atoms with Gasteiger partial charge in [0.1, 0.15) is 11.6 Å². The Morgan fingerprint density at radius 2 is 1.91 bits per heavy atom. The molecule has 1 unspecified atom stereocenters. The molecule has 0 aromatic heterocycles. The minimum absolute atomic E-state index is 0.0826. The maximum atomic E-state index is 14.1. The van der Waals surface area contributed by atoms with Crippen LogP contribution in [0.3, 0.4) is 0 Å². The van der Waals surface area contributed by atoms with Crippen LogP contribution in [0.25, 0.3) is 0 Å². The van der Waals surface area contributed by atoms with Crippen LogP contribution in [0.5, 0.6) is 5.75 Å². The molecule has 0 spiro atoms. The molecule has 0 aliphatic rings. The second-order valence-corrected chi connectivity index (χ2v) is 5.61. The Balaban J connectivity index is 2.45. The molecule has 0 N–H and O–H groups in total. The first-order valence-electron chi connectivity index (χ1n) is 8.13. The van der Waals surface area contributed by atoms with Crippen LogP contribution in [-0.2, 0) is 11.2 Å². The van der Waals surface area contributed by atoms with Gasteiger partial charge in [0.15, 0.2) is 11.6 Å². The van der Waals surface area contributed by atoms with Crippen LogP contribution in [0.4, 0.5) is 8.78 Å². The van der Waals surface area contributed by atoms with Crippen LogP contribution >= 0.6 is 0 Å². The molecular formula is C18H26F2O2. The number of halogens is 2. The average molecular weight is 312 g/mol. The van der Waals surface area contributed by atoms with E-state index in [2.05, 4.69) is 0 Å². The lowest BCUT2D eigenvalue weighted by Gasteiger charge is -2.10. The quantitative estimate of drug-likeness (QED) is 0.563. The molecule has 0 saturated heterocycles. The molecule has 1 aromatic rings. The number of ketones is 1. The van der Waals surface area contributed by atoms with Gasteiger partial charge in [0, 0.05) is 17.9 Å². The van der Waals surface area contributed by atoms with Crippen molar-refractivity contribution >= 4 is 5.78 Å². The number of ether oxygens (including phenoxy) is 1. The fourth-order valence-corrected chi connectivity index (χ4v) is 2.32. The van der Waals surface area contributed by atoms with Crippen LogP contribution in [-0.4, -0.2) is 12.4 Å². The zero-order chi connectivity index (χ0) is 16.5. The van der Waals surface area contributed by atoms with Crippen molar-refractivity contribution in [2.75, 3.05) is 6.61 Å². The highest BCUT2D eigenvalue weighted by Crippen LogP contribution is 2.25. The standard InChI is InChI=1S/C18H26F2O2/c1-4-13(3)16(21)10-8-6-7-9-14-15(19)11-12-17(18(14)20)22-5-2/h11-13H,4-10H2,1-3H3. The summed E-state index contributed by atoms with van der Waals surface area (Å²) in [4.78, 5) is 11.7. The predicted molar refractivity (Wildman–Crippen MR) is 84.2 cm³/mol. The highest BCUT2D eigenvalue weighted by atomic mass is 19.1. The summed E-state index contributed by atoms with van der Waals surface area (Å²) in [6.07, 6.45) is 3.98. The summed E-state index contributed by atoms with van der Waals surface area (Å²) < 4.78 is 32.9. The van der Waals surface area contributed by atoms with Gasteiger partial charge in [0.05, 0.1) is 6.61 Å². The molecule has 1 atom stereocenters. The molecule has 0 saturated carbocycles. The minimum atomic E-state index is -0.600. The third kappa shape index (κ3) is 5.39. The zero-order valence-electron chi connectivity index (χ0n) is 13.8. The molecule has 0 fully saturated rings. The van der Waals surface area contributed by atoms with Gasteiger partial charge in [-0.1, -0.05) is 20.3 Å². The van der Waals surface area contributed by atoms with Crippen molar-refractivity contribution in [3.63, 3.8) is 0 Å². The van der Waals surface area contributed by atoms with Crippen molar-refractivity contribution in [2.24, 2.45) is 5.92 Å². The lowest BCUT2D eigenvalue weighted by molar-refractivity contribution is -0.122. The molecule has 1 rings (SSSR count). The zero-order valence-corrected chi connectivity index (χ0v) is 13.8. The topological polar surface area (TPSA) is 26.3 Å². The van der Waals surface area contributed by atoms with Crippen LogP contribution < -0.4 is 4.74 Å². The van der Waals surface area contributed by atoms with Gasteiger partial charge >= 0.3 is 0 Å². The number of benzene rings is 1. The fourth-order valence-electron chi connectivity index (χ4n) is 2.32. The Morgan fingerprint density at radius 3 is 2.55 bits per heavy atom. The number of hydrogen-bond acceptors (Lipinski definition) is 2. The third-order valence-electron chi connectivity index (χ3n) is 3.96. The lowest BCUT2D eigenvalue weighted by Crippen LogP contribution is -2.09. The maximum Gasteiger partial charge on any atom is 0.171 e. The Hall–Kier alpha value is -1.45. The number of carbonyl (C=O) groups excluding carboxylic acids is 1. The van der Waals surface area contributed by atoms with E-state index in [1.807, 2.05) is 13.8 Å². The highest BCUT2D eigenvalue weighted by molar-refractivity contribution is 5.80. The second kappa shape index (κ2) is 9.54. The summed E-state index contributed by atoms with van der Waals surface area (Å²) in [6, 6.07) is 2.57. The Labute approximate surface area is 131 Å². The molecule has 0 aliphatic heterocycles. The average Bonchev–Trinajstić information content (AvgIpc) is 2.51. The minimum Gasteiger partial charge on any atom is -0.491 e. The molecule has 4 heteroatoms. The largest absolute Gasteiger partial charge is 0.491 e. The van der Waals surface area contributed by atoms with E-state index in [4.69, 9.17) is 4.74 Å². The molecule has 124 valence electrons. The number of Topliss-reactive ketones (excluding diaryl/α,β-unsaturated/α-hetero) is 1. The molecule has 22 heavy (non-hydrogen) atoms. The van der Waals surface area contributed by atoms with E-state index in [0.29, 0.717) is 25.9 Å². The van der Waals surface area contributed by atoms with Crippen LogP contribution in [0, 0.1) is 17.6 Å². The Morgan fingerprint density at radius 1 is 1.18 bits per heavy atom. The van der Waals surface area contributed by atoms with E-state index in [1.54, 1.807) is 6.92 Å². The lowest BCUT2D eigenvalue weighted by atomic mass is 9.98. The molecule has 0 bridgehead atoms. The number of rotatable bonds is 10. The van der Waals surface area contributed by atoms with E-state index in [1.165, 1.54) is 12.1 Å². The van der Waals surface area contributed by atoms with Crippen molar-refractivity contribution in [3.8, 4) is 5.75 Å². The van der Waals surface area contributed by atoms with Crippen LogP contribution in [0.2, 0.25) is 0 Å². The smallest absolute Gasteiger partial charge is 0.171 e. The normalized spacial score (nSPS) is 12.2. The van der Waals surface area contributed by atoms with Gasteiger partial charge in [-0.3, -0.25) is 4.79 Å². The van der Waals surface area contributed by atoms with E-state index in [9.17, 15) is 13.6 Å². The monoisotopic (exact) mass is 312 g/mol. The summed E-state index contributed by atoms with van der Waals surface area (Å²) in [5, 5.41) is 0. The molecule has 2 nitrogen and oxygen atoms in total. The third-order valence-corrected chi connectivity index (χ3v) is 3.96. The summed E-state index contributed by atoms with van der Waals surface area (Å²) in [5.74, 6) is -0.643. The van der Waals surface area contributed by atoms with Gasteiger partial charge < -0.3 is 4.74 Å². The van der Waals surface area contributed by atoms with Gasteiger partial charge in [-0.2, -0.15) is 0 Å². The van der Waals surface area contributed by atoms with Crippen molar-refractivity contribution in [1.82, 2.24) is 0 Å². The van der Waals surface area contributed by atoms with Crippen molar-refractivity contribution in [2.45, 2.75) is 59.3 Å². The van der Waals surface area contributed by atoms with E-state index in [-0.39, 0.29) is 23.0 Å². The van der Waals surface area contributed by atoms with E-state index in [0.717, 1.165) is 19.3 Å². The first-order chi connectivity index (χ1) is 10.5. The van der Waals surface area contributed by atoms with E-state index >= 15 is 0 Å². The van der Waals surface area contributed by atoms with Gasteiger partial charge in [0.2, 0.25) is 0 Å². The number of unbranched alkanes of at least 4 members (excludes halogenated alkanes) is 2. The summed E-state index contributed by atoms with van der Waals surface area (Å²) >= 11 is 0. The van der Waals surface area contributed by atoms with Gasteiger partial charge in [-0.15, -0.1) is 0 Å². The van der Waals surface area contributed by atoms with Crippen molar-refractivity contribution in [1.29, 1.82) is 0 Å². The summed E-state index contributed by atoms with van der Waals surface area (Å²) in [5.41, 5.74) is 0.0826. The van der Waals surface area contributed by atoms with E-state index < -0.39 is 11.6 Å². The number of carbonyl (C=O) groups is 1. The Kier molecular flexibility index (Phi) is 8.07. The van der Waals surface area contributed by atoms with Gasteiger partial charge in [0.25, 0.3) is 0 Å². The SMILES string of the molecule is CCOc1ccc(F)c(CCCCCC(=O)C(C)CC)c1F. The van der Waals surface area contributed by atoms with Gasteiger partial charge in [-0.05, 0) is 44.7 Å². The molecule has 0 heterocycles. The van der Waals surface area contributed by atoms with Crippen LogP contribution in [0.15, 0.2) is 12.1 Å². The maximum absolute atomic E-state index is 14.1. The van der Waals surface area contributed by atoms with Crippen molar-refractivity contribution in [3.05, 3.63) is 29.3 Å². The molecular weight excluding hydrogens is 286 g/mol. The molecule has 0 aliphatic carbocycles. The second-order valence-electron chi connectivity index (χ2n) is 5.61. The van der Waals surface area contributed by atoms with Crippen LogP contribution in [0.1, 0.15) is 58.4 Å². The molecule has 0 amide bonds. The fraction of sp³-hybridized carbons (Fsp3) is 0.611. The summed E-state index contributed by atoms with van der Waals surface area (Å²) in [7, 11) is 0. The first-order valence-corrected chi connectivity index (χ1v) is 8.13. The molecule has 1 aromatic carbocycles. The van der Waals surface area contributed by atoms with Crippen molar-refractivity contribution < 1.29 is 18.3 Å². The van der Waals surface area contributed by atoms with Gasteiger partial charge in [-0.25, -0.2) is 8.78 Å². The first kappa shape index (κ1) is 18.6. The Bertz CT molecular complexity index is 486.